The van der Waals surface area contributed by atoms with Gasteiger partial charge in [-0.15, -0.1) is 0 Å². The van der Waals surface area contributed by atoms with Gasteiger partial charge in [0.2, 0.25) is 0 Å². The minimum Gasteiger partial charge on any atom is -0.493 e. The van der Waals surface area contributed by atoms with Crippen molar-refractivity contribution in [3.8, 4) is 5.75 Å². The van der Waals surface area contributed by atoms with Crippen LogP contribution < -0.4 is 4.74 Å². The zero-order chi connectivity index (χ0) is 15.6. The van der Waals surface area contributed by atoms with Crippen LogP contribution in [0.2, 0.25) is 0 Å². The standard InChI is InChI=1S/C17H14F3NO/c18-17(19,20)14-4-1-12(2-5-14)8-10-22-15-6-3-13-7-9-21-16(13)11-15/h1-7,9,11,21H,8,10H2. The maximum Gasteiger partial charge on any atom is 0.416 e. The van der Waals surface area contributed by atoms with Gasteiger partial charge in [-0.2, -0.15) is 13.2 Å². The molecule has 0 saturated carbocycles. The van der Waals surface area contributed by atoms with Crippen LogP contribution in [0.3, 0.4) is 0 Å². The number of halogens is 3. The summed E-state index contributed by atoms with van der Waals surface area (Å²) in [6.07, 6.45) is -1.88. The molecule has 22 heavy (non-hydrogen) atoms. The second-order valence-corrected chi connectivity index (χ2v) is 5.02. The van der Waals surface area contributed by atoms with Gasteiger partial charge in [0.25, 0.3) is 0 Å². The molecule has 2 nitrogen and oxygen atoms in total. The molecule has 3 rings (SSSR count). The monoisotopic (exact) mass is 305 g/mol. The lowest BCUT2D eigenvalue weighted by Crippen LogP contribution is -2.05. The molecule has 1 N–H and O–H groups in total. The largest absolute Gasteiger partial charge is 0.493 e. The van der Waals surface area contributed by atoms with Crippen molar-refractivity contribution < 1.29 is 17.9 Å². The molecular weight excluding hydrogens is 291 g/mol. The van der Waals surface area contributed by atoms with E-state index < -0.39 is 11.7 Å². The van der Waals surface area contributed by atoms with Crippen LogP contribution in [-0.4, -0.2) is 11.6 Å². The Bertz CT molecular complexity index is 759. The first-order valence-electron chi connectivity index (χ1n) is 6.88. The van der Waals surface area contributed by atoms with Gasteiger partial charge >= 0.3 is 6.18 Å². The van der Waals surface area contributed by atoms with Crippen LogP contribution in [0.1, 0.15) is 11.1 Å². The summed E-state index contributed by atoms with van der Waals surface area (Å²) in [5.41, 5.74) is 1.18. The van der Waals surface area contributed by atoms with Gasteiger partial charge in [0.15, 0.2) is 0 Å². The van der Waals surface area contributed by atoms with Gasteiger partial charge in [-0.1, -0.05) is 12.1 Å². The van der Waals surface area contributed by atoms with Crippen molar-refractivity contribution in [2.75, 3.05) is 6.61 Å². The van der Waals surface area contributed by atoms with Crippen molar-refractivity contribution in [2.45, 2.75) is 12.6 Å². The number of aromatic nitrogens is 1. The minimum atomic E-state index is -4.29. The summed E-state index contributed by atoms with van der Waals surface area (Å²) in [5, 5.41) is 1.11. The molecule has 5 heteroatoms. The predicted molar refractivity (Wildman–Crippen MR) is 78.9 cm³/mol. The van der Waals surface area contributed by atoms with Crippen LogP contribution in [-0.2, 0) is 12.6 Å². The number of aromatic amines is 1. The van der Waals surface area contributed by atoms with Crippen molar-refractivity contribution in [3.05, 3.63) is 65.9 Å². The van der Waals surface area contributed by atoms with Crippen LogP contribution in [0.5, 0.6) is 5.75 Å². The second-order valence-electron chi connectivity index (χ2n) is 5.02. The van der Waals surface area contributed by atoms with Crippen LogP contribution >= 0.6 is 0 Å². The summed E-state index contributed by atoms with van der Waals surface area (Å²) >= 11 is 0. The summed E-state index contributed by atoms with van der Waals surface area (Å²) in [5.74, 6) is 0.738. The number of ether oxygens (including phenoxy) is 1. The molecule has 0 aliphatic heterocycles. The molecular formula is C17H14F3NO. The van der Waals surface area contributed by atoms with Crippen LogP contribution in [0.4, 0.5) is 13.2 Å². The van der Waals surface area contributed by atoms with E-state index in [1.807, 2.05) is 30.5 Å². The Morgan fingerprint density at radius 2 is 1.73 bits per heavy atom. The Morgan fingerprint density at radius 3 is 2.45 bits per heavy atom. The smallest absolute Gasteiger partial charge is 0.416 e. The van der Waals surface area contributed by atoms with Crippen LogP contribution in [0.25, 0.3) is 10.9 Å². The van der Waals surface area contributed by atoms with Crippen molar-refractivity contribution >= 4 is 10.9 Å². The molecule has 0 atom stereocenters. The van der Waals surface area contributed by atoms with E-state index in [1.54, 1.807) is 0 Å². The van der Waals surface area contributed by atoms with Gasteiger partial charge in [0, 0.05) is 24.2 Å². The summed E-state index contributed by atoms with van der Waals surface area (Å²) < 4.78 is 43.0. The fraction of sp³-hybridized carbons (Fsp3) is 0.176. The van der Waals surface area contributed by atoms with Crippen LogP contribution in [0.15, 0.2) is 54.7 Å². The zero-order valence-corrected chi connectivity index (χ0v) is 11.7. The minimum absolute atomic E-state index is 0.414. The fourth-order valence-electron chi connectivity index (χ4n) is 2.26. The third kappa shape index (κ3) is 3.24. The quantitative estimate of drug-likeness (QED) is 0.735. The summed E-state index contributed by atoms with van der Waals surface area (Å²) in [6, 6.07) is 12.9. The lowest BCUT2D eigenvalue weighted by Gasteiger charge is -2.09. The van der Waals surface area contributed by atoms with E-state index in [0.29, 0.717) is 13.0 Å². The van der Waals surface area contributed by atoms with Gasteiger partial charge in [0.1, 0.15) is 5.75 Å². The van der Waals surface area contributed by atoms with Gasteiger partial charge in [-0.25, -0.2) is 0 Å². The van der Waals surface area contributed by atoms with E-state index >= 15 is 0 Å². The molecule has 0 radical (unpaired) electrons. The summed E-state index contributed by atoms with van der Waals surface area (Å²) in [6.45, 7) is 0.414. The topological polar surface area (TPSA) is 25.0 Å². The van der Waals surface area contributed by atoms with E-state index in [1.165, 1.54) is 12.1 Å². The Morgan fingerprint density at radius 1 is 0.955 bits per heavy atom. The van der Waals surface area contributed by atoms with E-state index in [9.17, 15) is 13.2 Å². The number of alkyl halides is 3. The molecule has 3 aromatic rings. The molecule has 0 bridgehead atoms. The summed E-state index contributed by atoms with van der Waals surface area (Å²) in [7, 11) is 0. The number of nitrogens with one attached hydrogen (secondary N) is 1. The number of H-pyrrole nitrogens is 1. The lowest BCUT2D eigenvalue weighted by molar-refractivity contribution is -0.137. The Kier molecular flexibility index (Phi) is 3.79. The van der Waals surface area contributed by atoms with E-state index in [2.05, 4.69) is 4.98 Å². The molecule has 0 saturated heterocycles. The highest BCUT2D eigenvalue weighted by atomic mass is 19.4. The summed E-state index contributed by atoms with van der Waals surface area (Å²) in [4.78, 5) is 3.10. The molecule has 114 valence electrons. The number of hydrogen-bond acceptors (Lipinski definition) is 1. The van der Waals surface area contributed by atoms with Gasteiger partial charge in [0.05, 0.1) is 12.2 Å². The first-order chi connectivity index (χ1) is 10.5. The number of rotatable bonds is 4. The van der Waals surface area contributed by atoms with Crippen molar-refractivity contribution in [3.63, 3.8) is 0 Å². The SMILES string of the molecule is FC(F)(F)c1ccc(CCOc2ccc3cc[nH]c3c2)cc1. The zero-order valence-electron chi connectivity index (χ0n) is 11.7. The van der Waals surface area contributed by atoms with Crippen LogP contribution in [0, 0.1) is 0 Å². The van der Waals surface area contributed by atoms with Gasteiger partial charge in [-0.3, -0.25) is 0 Å². The molecule has 0 fully saturated rings. The highest BCUT2D eigenvalue weighted by Gasteiger charge is 2.29. The average Bonchev–Trinajstić information content (AvgIpc) is 2.94. The first-order valence-corrected chi connectivity index (χ1v) is 6.88. The maximum absolute atomic E-state index is 12.5. The normalized spacial score (nSPS) is 11.8. The lowest BCUT2D eigenvalue weighted by atomic mass is 10.1. The van der Waals surface area contributed by atoms with E-state index in [0.717, 1.165) is 34.3 Å². The van der Waals surface area contributed by atoms with Gasteiger partial charge < -0.3 is 9.72 Å². The molecule has 0 aliphatic rings. The maximum atomic E-state index is 12.5. The molecule has 2 aromatic carbocycles. The third-order valence-corrected chi connectivity index (χ3v) is 3.47. The Labute approximate surface area is 125 Å². The Balaban J connectivity index is 1.58. The van der Waals surface area contributed by atoms with Crippen molar-refractivity contribution in [1.82, 2.24) is 4.98 Å². The fourth-order valence-corrected chi connectivity index (χ4v) is 2.26. The Hall–Kier alpha value is -2.43. The molecule has 0 spiro atoms. The van der Waals surface area contributed by atoms with Crippen molar-refractivity contribution in [2.24, 2.45) is 0 Å². The first kappa shape index (κ1) is 14.5. The number of fused-ring (bicyclic) bond motifs is 1. The second kappa shape index (κ2) is 5.75. The van der Waals surface area contributed by atoms with E-state index in [4.69, 9.17) is 4.74 Å². The molecule has 1 aromatic heterocycles. The average molecular weight is 305 g/mol. The van der Waals surface area contributed by atoms with Gasteiger partial charge in [-0.05, 0) is 41.3 Å². The molecule has 0 amide bonds. The molecule has 1 heterocycles. The third-order valence-electron chi connectivity index (χ3n) is 3.47. The number of benzene rings is 2. The molecule has 0 aliphatic carbocycles. The predicted octanol–water partition coefficient (Wildman–Crippen LogP) is 4.81. The van der Waals surface area contributed by atoms with Crippen molar-refractivity contribution in [1.29, 1.82) is 0 Å². The molecule has 0 unspecified atom stereocenters. The highest BCUT2D eigenvalue weighted by molar-refractivity contribution is 5.80. The van der Waals surface area contributed by atoms with E-state index in [-0.39, 0.29) is 0 Å². The highest BCUT2D eigenvalue weighted by Crippen LogP contribution is 2.29. The number of hydrogen-bond donors (Lipinski definition) is 1.